The van der Waals surface area contributed by atoms with Crippen molar-refractivity contribution in [2.24, 2.45) is 17.8 Å². The van der Waals surface area contributed by atoms with Gasteiger partial charge in [-0.05, 0) is 25.2 Å². The molecule has 0 aromatic rings. The van der Waals surface area contributed by atoms with E-state index in [4.69, 9.17) is 18.9 Å². The Labute approximate surface area is 133 Å². The molecule has 5 nitrogen and oxygen atoms in total. The van der Waals surface area contributed by atoms with E-state index in [0.717, 1.165) is 12.8 Å². The number of nitrogens with one attached hydrogen (secondary N) is 1. The Kier molecular flexibility index (Phi) is 3.98. The summed E-state index contributed by atoms with van der Waals surface area (Å²) in [5.74, 6) is 1.64. The highest BCUT2D eigenvalue weighted by Crippen LogP contribution is 2.43. The van der Waals surface area contributed by atoms with Crippen LogP contribution in [0.1, 0.15) is 33.1 Å². The number of quaternary nitrogens is 1. The van der Waals surface area contributed by atoms with Crippen LogP contribution in [0.2, 0.25) is 0 Å². The summed E-state index contributed by atoms with van der Waals surface area (Å²) < 4.78 is 24.2. The van der Waals surface area contributed by atoms with Crippen LogP contribution in [0, 0.1) is 17.8 Å². The third-order valence-electron chi connectivity index (χ3n) is 6.56. The van der Waals surface area contributed by atoms with Crippen molar-refractivity contribution in [3.63, 3.8) is 0 Å². The summed E-state index contributed by atoms with van der Waals surface area (Å²) in [6.07, 6.45) is 4.79. The molecule has 9 atom stereocenters. The minimum atomic E-state index is 0.207. The first-order chi connectivity index (χ1) is 10.6. The monoisotopic (exact) mass is 312 g/mol. The summed E-state index contributed by atoms with van der Waals surface area (Å²) in [6, 6.07) is 0.429. The van der Waals surface area contributed by atoms with Crippen molar-refractivity contribution >= 4 is 0 Å². The zero-order valence-electron chi connectivity index (χ0n) is 14.2. The van der Waals surface area contributed by atoms with E-state index in [0.29, 0.717) is 42.8 Å². The molecular weight excluding hydrogens is 282 g/mol. The fourth-order valence-electron chi connectivity index (χ4n) is 5.51. The minimum absolute atomic E-state index is 0.207. The molecule has 0 spiro atoms. The Morgan fingerprint density at radius 2 is 1.95 bits per heavy atom. The molecule has 1 saturated carbocycles. The highest BCUT2D eigenvalue weighted by Gasteiger charge is 2.61. The van der Waals surface area contributed by atoms with Gasteiger partial charge in [-0.25, -0.2) is 0 Å². The Hall–Kier alpha value is -0.200. The third kappa shape index (κ3) is 2.17. The lowest BCUT2D eigenvalue weighted by Crippen LogP contribution is -3.21. The summed E-state index contributed by atoms with van der Waals surface area (Å²) in [6.45, 7) is 4.97. The number of methoxy groups -OCH3 is 1. The van der Waals surface area contributed by atoms with E-state index in [1.807, 2.05) is 7.11 Å². The van der Waals surface area contributed by atoms with Crippen LogP contribution in [0.4, 0.5) is 0 Å². The summed E-state index contributed by atoms with van der Waals surface area (Å²) in [4.78, 5) is 1.48. The molecule has 3 saturated heterocycles. The van der Waals surface area contributed by atoms with E-state index in [-0.39, 0.29) is 18.4 Å². The molecule has 3 heterocycles. The van der Waals surface area contributed by atoms with E-state index in [9.17, 15) is 0 Å². The lowest BCUT2D eigenvalue weighted by molar-refractivity contribution is -0.971. The Morgan fingerprint density at radius 3 is 2.68 bits per heavy atom. The van der Waals surface area contributed by atoms with Crippen LogP contribution in [0.3, 0.4) is 0 Å². The highest BCUT2D eigenvalue weighted by atomic mass is 16.7. The molecule has 3 aliphatic heterocycles. The molecule has 0 bridgehead atoms. The minimum Gasteiger partial charge on any atom is -0.380 e. The molecule has 22 heavy (non-hydrogen) atoms. The number of rotatable bonds is 2. The van der Waals surface area contributed by atoms with Gasteiger partial charge in [-0.15, -0.1) is 0 Å². The van der Waals surface area contributed by atoms with E-state index >= 15 is 0 Å². The van der Waals surface area contributed by atoms with E-state index in [2.05, 4.69) is 20.9 Å². The highest BCUT2D eigenvalue weighted by molar-refractivity contribution is 5.01. The maximum Gasteiger partial charge on any atom is 0.197 e. The summed E-state index contributed by atoms with van der Waals surface area (Å²) in [7, 11) is 4.16. The third-order valence-corrected chi connectivity index (χ3v) is 6.56. The molecule has 4 rings (SSSR count). The van der Waals surface area contributed by atoms with Crippen molar-refractivity contribution in [3.05, 3.63) is 0 Å². The first kappa shape index (κ1) is 15.3. The Balaban J connectivity index is 1.63. The SMILES string of the molecule is COC1C2C[C@H](C(C)C)OC2[NH+](C)C2C1CCC1OCOC12. The zero-order valence-corrected chi connectivity index (χ0v) is 14.2. The van der Waals surface area contributed by atoms with Gasteiger partial charge in [0.1, 0.15) is 18.9 Å². The van der Waals surface area contributed by atoms with Gasteiger partial charge in [0.15, 0.2) is 6.23 Å². The Bertz CT molecular complexity index is 417. The van der Waals surface area contributed by atoms with Crippen molar-refractivity contribution < 1.29 is 23.8 Å². The van der Waals surface area contributed by atoms with Gasteiger partial charge in [-0.3, -0.25) is 0 Å². The summed E-state index contributed by atoms with van der Waals surface area (Å²) in [5, 5.41) is 0. The number of hydrogen-bond acceptors (Lipinski definition) is 4. The number of likely N-dealkylation sites (N-methyl/N-ethyl adjacent to an activating group) is 1. The van der Waals surface area contributed by atoms with Crippen LogP contribution in [0.15, 0.2) is 0 Å². The number of fused-ring (bicyclic) bond motifs is 4. The maximum absolute atomic E-state index is 6.46. The van der Waals surface area contributed by atoms with Crippen LogP contribution in [-0.2, 0) is 18.9 Å². The molecule has 4 fully saturated rings. The topological polar surface area (TPSA) is 41.4 Å². The number of hydrogen-bond donors (Lipinski definition) is 1. The van der Waals surface area contributed by atoms with E-state index < -0.39 is 0 Å². The lowest BCUT2D eigenvalue weighted by Gasteiger charge is -2.50. The molecule has 0 radical (unpaired) electrons. The first-order valence-electron chi connectivity index (χ1n) is 8.86. The van der Waals surface area contributed by atoms with E-state index in [1.165, 1.54) is 11.3 Å². The molecule has 4 aliphatic rings. The van der Waals surface area contributed by atoms with Gasteiger partial charge in [0, 0.05) is 13.0 Å². The van der Waals surface area contributed by atoms with Crippen molar-refractivity contribution in [2.75, 3.05) is 21.0 Å². The number of likely N-dealkylation sites (tertiary alicyclic amines) is 1. The molecule has 5 heteroatoms. The van der Waals surface area contributed by atoms with Crippen LogP contribution in [-0.4, -0.2) is 57.6 Å². The average molecular weight is 312 g/mol. The Morgan fingerprint density at radius 1 is 1.14 bits per heavy atom. The molecular formula is C17H30NO4+. The fourth-order valence-corrected chi connectivity index (χ4v) is 5.51. The summed E-state index contributed by atoms with van der Waals surface area (Å²) in [5.41, 5.74) is 0. The van der Waals surface area contributed by atoms with E-state index in [1.54, 1.807) is 0 Å². The average Bonchev–Trinajstić information content (AvgIpc) is 3.13. The second-order valence-corrected chi connectivity index (χ2v) is 7.90. The second kappa shape index (κ2) is 5.71. The van der Waals surface area contributed by atoms with Gasteiger partial charge >= 0.3 is 0 Å². The van der Waals surface area contributed by atoms with Gasteiger partial charge in [0.05, 0.1) is 31.3 Å². The van der Waals surface area contributed by atoms with Crippen LogP contribution in [0.25, 0.3) is 0 Å². The van der Waals surface area contributed by atoms with Crippen molar-refractivity contribution in [2.45, 2.75) is 69.8 Å². The van der Waals surface area contributed by atoms with Gasteiger partial charge < -0.3 is 23.8 Å². The molecule has 0 aromatic heterocycles. The van der Waals surface area contributed by atoms with Gasteiger partial charge in [0.2, 0.25) is 0 Å². The van der Waals surface area contributed by atoms with Gasteiger partial charge in [0.25, 0.3) is 0 Å². The predicted molar refractivity (Wildman–Crippen MR) is 80.4 cm³/mol. The maximum atomic E-state index is 6.46. The molecule has 126 valence electrons. The first-order valence-corrected chi connectivity index (χ1v) is 8.86. The molecule has 0 amide bonds. The standard InChI is InChI=1S/C17H29NO4/c1-9(2)13-7-11-15(19-4)10-5-6-12-16(21-8-20-12)14(10)18(3)17(11)22-13/h9-17H,5-8H2,1-4H3/p+1/t10?,11?,12?,13-,14?,15?,16?,17?/m1/s1. The predicted octanol–water partition coefficient (Wildman–Crippen LogP) is 0.437. The molecule has 8 unspecified atom stereocenters. The zero-order chi connectivity index (χ0) is 15.4. The smallest absolute Gasteiger partial charge is 0.197 e. The largest absolute Gasteiger partial charge is 0.380 e. The number of ether oxygens (including phenoxy) is 4. The van der Waals surface area contributed by atoms with Crippen molar-refractivity contribution in [1.29, 1.82) is 0 Å². The fraction of sp³-hybridized carbons (Fsp3) is 1.00. The summed E-state index contributed by atoms with van der Waals surface area (Å²) >= 11 is 0. The quantitative estimate of drug-likeness (QED) is 0.803. The molecule has 1 aliphatic carbocycles. The lowest BCUT2D eigenvalue weighted by atomic mass is 9.69. The molecule has 1 N–H and O–H groups in total. The van der Waals surface area contributed by atoms with Crippen LogP contribution < -0.4 is 4.90 Å². The number of piperidine rings is 1. The van der Waals surface area contributed by atoms with Gasteiger partial charge in [-0.2, -0.15) is 0 Å². The normalized spacial score (nSPS) is 54.1. The molecule has 0 aromatic carbocycles. The van der Waals surface area contributed by atoms with Crippen molar-refractivity contribution in [3.8, 4) is 0 Å². The van der Waals surface area contributed by atoms with Crippen LogP contribution in [0.5, 0.6) is 0 Å². The van der Waals surface area contributed by atoms with Crippen molar-refractivity contribution in [1.82, 2.24) is 0 Å². The van der Waals surface area contributed by atoms with Crippen LogP contribution >= 0.6 is 0 Å². The van der Waals surface area contributed by atoms with Gasteiger partial charge in [-0.1, -0.05) is 13.8 Å². The second-order valence-electron chi connectivity index (χ2n) is 7.90.